The number of aromatic nitrogens is 1. The van der Waals surface area contributed by atoms with Crippen LogP contribution in [0.2, 0.25) is 0 Å². The number of nitrogens with one attached hydrogen (secondary N) is 2. The van der Waals surface area contributed by atoms with Crippen LogP contribution in [-0.4, -0.2) is 47.3 Å². The van der Waals surface area contributed by atoms with Crippen LogP contribution < -0.4 is 15.4 Å². The third-order valence-corrected chi connectivity index (χ3v) is 5.11. The van der Waals surface area contributed by atoms with Crippen molar-refractivity contribution in [3.8, 4) is 5.19 Å². The first kappa shape index (κ1) is 22.9. The first-order valence-corrected chi connectivity index (χ1v) is 10.4. The van der Waals surface area contributed by atoms with Gasteiger partial charge in [-0.15, -0.1) is 0 Å². The minimum Gasteiger partial charge on any atom is -0.467 e. The number of carbonyl (C=O) groups excluding carboxylic acids is 1. The minimum atomic E-state index is -0.625. The summed E-state index contributed by atoms with van der Waals surface area (Å²) in [4.78, 5) is 16.8. The molecule has 1 aromatic rings. The molecule has 0 radical (unpaired) electrons. The molecule has 0 aliphatic rings. The number of aliphatic hydroxyl groups excluding tert-OH is 1. The second-order valence-electron chi connectivity index (χ2n) is 7.67. The van der Waals surface area contributed by atoms with Crippen molar-refractivity contribution in [3.05, 3.63) is 11.1 Å². The van der Waals surface area contributed by atoms with Gasteiger partial charge in [-0.1, -0.05) is 38.0 Å². The largest absolute Gasteiger partial charge is 0.467 e. The lowest BCUT2D eigenvalue weighted by Gasteiger charge is -2.22. The molecule has 1 atom stereocenters. The molecule has 1 rings (SSSR count). The summed E-state index contributed by atoms with van der Waals surface area (Å²) in [5.41, 5.74) is -0.0539. The van der Waals surface area contributed by atoms with Gasteiger partial charge in [0.15, 0.2) is 0 Å². The number of hydrogen-bond acceptors (Lipinski definition) is 6. The number of rotatable bonds is 12. The average Bonchev–Trinajstić information content (AvgIpc) is 3.06. The van der Waals surface area contributed by atoms with Crippen molar-refractivity contribution in [1.82, 2.24) is 15.6 Å². The first-order chi connectivity index (χ1) is 12.2. The van der Waals surface area contributed by atoms with Crippen LogP contribution in [0.25, 0.3) is 0 Å². The van der Waals surface area contributed by atoms with Gasteiger partial charge in [0.2, 0.25) is 0 Å². The number of nitrogens with zero attached hydrogens (tertiary/aromatic N) is 1. The Morgan fingerprint density at radius 1 is 1.35 bits per heavy atom. The van der Waals surface area contributed by atoms with E-state index in [-0.39, 0.29) is 18.1 Å². The highest BCUT2D eigenvalue weighted by molar-refractivity contribution is 7.15. The SMILES string of the molecule is CCC(CC)CCCNC(=O)c1cnc(OCC(O)CNC(C)(C)C)s1. The maximum absolute atomic E-state index is 12.1. The summed E-state index contributed by atoms with van der Waals surface area (Å²) in [5.74, 6) is 0.631. The van der Waals surface area contributed by atoms with Crippen molar-refractivity contribution in [3.63, 3.8) is 0 Å². The van der Waals surface area contributed by atoms with Crippen molar-refractivity contribution in [1.29, 1.82) is 0 Å². The molecule has 150 valence electrons. The Bertz CT molecular complexity index is 524. The molecule has 26 heavy (non-hydrogen) atoms. The van der Waals surface area contributed by atoms with Crippen LogP contribution in [0.5, 0.6) is 5.19 Å². The Kier molecular flexibility index (Phi) is 10.1. The molecule has 0 aromatic carbocycles. The molecule has 3 N–H and O–H groups in total. The van der Waals surface area contributed by atoms with Crippen molar-refractivity contribution >= 4 is 17.2 Å². The molecule has 0 saturated carbocycles. The highest BCUT2D eigenvalue weighted by Gasteiger charge is 2.15. The molecule has 1 amide bonds. The predicted molar refractivity (Wildman–Crippen MR) is 107 cm³/mol. The molecule has 1 heterocycles. The Hall–Kier alpha value is -1.18. The Morgan fingerprint density at radius 3 is 2.65 bits per heavy atom. The molecule has 0 fully saturated rings. The van der Waals surface area contributed by atoms with Crippen LogP contribution in [0, 0.1) is 5.92 Å². The van der Waals surface area contributed by atoms with Crippen molar-refractivity contribution in [2.75, 3.05) is 19.7 Å². The fourth-order valence-electron chi connectivity index (χ4n) is 2.46. The van der Waals surface area contributed by atoms with Gasteiger partial charge in [0.05, 0.1) is 6.20 Å². The van der Waals surface area contributed by atoms with Crippen LogP contribution in [0.3, 0.4) is 0 Å². The van der Waals surface area contributed by atoms with Gasteiger partial charge in [-0.05, 0) is 39.5 Å². The molecule has 0 bridgehead atoms. The van der Waals surface area contributed by atoms with Gasteiger partial charge in [-0.3, -0.25) is 4.79 Å². The summed E-state index contributed by atoms with van der Waals surface area (Å²) in [6.07, 6.45) is 5.42. The number of ether oxygens (including phenoxy) is 1. The van der Waals surface area contributed by atoms with Gasteiger partial charge >= 0.3 is 0 Å². The van der Waals surface area contributed by atoms with Gasteiger partial charge < -0.3 is 20.5 Å². The molecular weight excluding hydrogens is 350 g/mol. The molecule has 7 heteroatoms. The lowest BCUT2D eigenvalue weighted by Crippen LogP contribution is -2.42. The van der Waals surface area contributed by atoms with Crippen molar-refractivity contribution in [2.24, 2.45) is 5.92 Å². The summed E-state index contributed by atoms with van der Waals surface area (Å²) in [5, 5.41) is 16.5. The fourth-order valence-corrected chi connectivity index (χ4v) is 3.15. The summed E-state index contributed by atoms with van der Waals surface area (Å²) >= 11 is 1.20. The third-order valence-electron chi connectivity index (χ3n) is 4.20. The number of amides is 1. The van der Waals surface area contributed by atoms with Gasteiger partial charge in [0.1, 0.15) is 17.6 Å². The third kappa shape index (κ3) is 9.50. The van der Waals surface area contributed by atoms with E-state index in [4.69, 9.17) is 4.74 Å². The predicted octanol–water partition coefficient (Wildman–Crippen LogP) is 3.22. The van der Waals surface area contributed by atoms with Crippen molar-refractivity contribution < 1.29 is 14.6 Å². The van der Waals surface area contributed by atoms with Gasteiger partial charge in [0.25, 0.3) is 11.1 Å². The van der Waals surface area contributed by atoms with E-state index in [1.54, 1.807) is 0 Å². The monoisotopic (exact) mass is 385 g/mol. The summed E-state index contributed by atoms with van der Waals surface area (Å²) in [6.45, 7) is 11.8. The zero-order valence-electron chi connectivity index (χ0n) is 16.8. The molecule has 0 saturated heterocycles. The standard InChI is InChI=1S/C19H35N3O3S/c1-6-14(7-2)9-8-10-20-17(24)16-12-21-18(26-16)25-13-15(23)11-22-19(3,4)5/h12,14-15,22-23H,6-11,13H2,1-5H3,(H,20,24). The van der Waals surface area contributed by atoms with E-state index in [2.05, 4.69) is 29.5 Å². The Morgan fingerprint density at radius 2 is 2.04 bits per heavy atom. The lowest BCUT2D eigenvalue weighted by molar-refractivity contribution is 0.0956. The van der Waals surface area contributed by atoms with Crippen LogP contribution in [0.4, 0.5) is 0 Å². The summed E-state index contributed by atoms with van der Waals surface area (Å²) in [6, 6.07) is 0. The highest BCUT2D eigenvalue weighted by atomic mass is 32.1. The second-order valence-corrected chi connectivity index (χ2v) is 8.66. The van der Waals surface area contributed by atoms with Crippen LogP contribution in [-0.2, 0) is 0 Å². The molecule has 1 unspecified atom stereocenters. The maximum Gasteiger partial charge on any atom is 0.273 e. The topological polar surface area (TPSA) is 83.5 Å². The molecule has 0 aliphatic carbocycles. The number of β-amino-alcohol motifs (C(OH)–C–C–N with tert-alkyl or cyclic N) is 1. The molecule has 6 nitrogen and oxygen atoms in total. The lowest BCUT2D eigenvalue weighted by atomic mass is 9.98. The van der Waals surface area contributed by atoms with E-state index in [0.717, 1.165) is 18.8 Å². The number of carbonyl (C=O) groups is 1. The van der Waals surface area contributed by atoms with E-state index in [0.29, 0.717) is 23.2 Å². The van der Waals surface area contributed by atoms with E-state index >= 15 is 0 Å². The van der Waals surface area contributed by atoms with E-state index < -0.39 is 6.10 Å². The van der Waals surface area contributed by atoms with Crippen molar-refractivity contribution in [2.45, 2.75) is 71.9 Å². The van der Waals surface area contributed by atoms with E-state index in [1.807, 2.05) is 20.8 Å². The first-order valence-electron chi connectivity index (χ1n) is 9.55. The molecule has 0 aliphatic heterocycles. The van der Waals surface area contributed by atoms with E-state index in [1.165, 1.54) is 30.4 Å². The van der Waals surface area contributed by atoms with Crippen LogP contribution in [0.15, 0.2) is 6.20 Å². The number of hydrogen-bond donors (Lipinski definition) is 3. The quantitative estimate of drug-likeness (QED) is 0.481. The van der Waals surface area contributed by atoms with Gasteiger partial charge in [0, 0.05) is 18.6 Å². The summed E-state index contributed by atoms with van der Waals surface area (Å²) in [7, 11) is 0. The fraction of sp³-hybridized carbons (Fsp3) is 0.789. The van der Waals surface area contributed by atoms with Gasteiger partial charge in [-0.2, -0.15) is 0 Å². The highest BCUT2D eigenvalue weighted by Crippen LogP contribution is 2.20. The normalized spacial score (nSPS) is 13.0. The zero-order valence-corrected chi connectivity index (χ0v) is 17.6. The van der Waals surface area contributed by atoms with Crippen LogP contribution in [0.1, 0.15) is 70.0 Å². The smallest absolute Gasteiger partial charge is 0.273 e. The molecule has 0 spiro atoms. The maximum atomic E-state index is 12.1. The molecule has 1 aromatic heterocycles. The number of aliphatic hydroxyl groups is 1. The van der Waals surface area contributed by atoms with Crippen LogP contribution >= 0.6 is 11.3 Å². The number of thiazole rings is 1. The van der Waals surface area contributed by atoms with E-state index in [9.17, 15) is 9.90 Å². The summed E-state index contributed by atoms with van der Waals surface area (Å²) < 4.78 is 5.49. The Labute approximate surface area is 161 Å². The Balaban J connectivity index is 2.29. The second kappa shape index (κ2) is 11.5. The average molecular weight is 386 g/mol. The minimum absolute atomic E-state index is 0.0539. The zero-order chi connectivity index (χ0) is 19.6. The molecular formula is C19H35N3O3S. The van der Waals surface area contributed by atoms with Gasteiger partial charge in [-0.25, -0.2) is 4.98 Å².